The van der Waals surface area contributed by atoms with Gasteiger partial charge in [0, 0.05) is 24.2 Å². The highest BCUT2D eigenvalue weighted by molar-refractivity contribution is 7.92. The van der Waals surface area contributed by atoms with Gasteiger partial charge in [-0.25, -0.2) is 8.42 Å². The molecule has 32 heavy (non-hydrogen) atoms. The van der Waals surface area contributed by atoms with Crippen LogP contribution in [0.3, 0.4) is 0 Å². The number of nitrogens with one attached hydrogen (secondary N) is 1. The zero-order chi connectivity index (χ0) is 23.1. The predicted molar refractivity (Wildman–Crippen MR) is 125 cm³/mol. The van der Waals surface area contributed by atoms with Crippen LogP contribution in [0.1, 0.15) is 44.2 Å². The van der Waals surface area contributed by atoms with Gasteiger partial charge in [0.05, 0.1) is 23.1 Å². The van der Waals surface area contributed by atoms with E-state index in [1.807, 2.05) is 29.2 Å². The van der Waals surface area contributed by atoms with Crippen LogP contribution in [0.25, 0.3) is 0 Å². The van der Waals surface area contributed by atoms with Crippen molar-refractivity contribution in [3.8, 4) is 11.8 Å². The molecule has 0 aliphatic carbocycles. The lowest BCUT2D eigenvalue weighted by Gasteiger charge is -2.26. The molecule has 2 aromatic rings. The lowest BCUT2D eigenvalue weighted by atomic mass is 10.1. The number of rotatable bonds is 6. The average Bonchev–Trinajstić information content (AvgIpc) is 2.78. The van der Waals surface area contributed by atoms with E-state index in [4.69, 9.17) is 0 Å². The zero-order valence-corrected chi connectivity index (χ0v) is 19.2. The molecule has 0 atom stereocenters. The van der Waals surface area contributed by atoms with E-state index >= 15 is 0 Å². The SMILES string of the molecule is CC(C)S(=O)(=O)c1ccc(CC(=O)NCC#Cc2ccc(N3CCCCC3=O)cc2)cc1. The molecule has 0 unspecified atom stereocenters. The summed E-state index contributed by atoms with van der Waals surface area (Å²) in [7, 11) is -3.32. The number of hydrogen-bond donors (Lipinski definition) is 1. The largest absolute Gasteiger partial charge is 0.345 e. The molecule has 1 heterocycles. The maximum atomic E-state index is 12.2. The Morgan fingerprint density at radius 2 is 1.75 bits per heavy atom. The molecule has 1 aliphatic heterocycles. The molecule has 7 heteroatoms. The molecule has 2 amide bonds. The first-order chi connectivity index (χ1) is 15.3. The fourth-order valence-corrected chi connectivity index (χ4v) is 4.47. The summed E-state index contributed by atoms with van der Waals surface area (Å²) in [5.41, 5.74) is 2.44. The van der Waals surface area contributed by atoms with Crippen molar-refractivity contribution in [2.75, 3.05) is 18.0 Å². The van der Waals surface area contributed by atoms with Crippen LogP contribution in [-0.2, 0) is 25.8 Å². The van der Waals surface area contributed by atoms with E-state index in [0.717, 1.165) is 36.2 Å². The molecule has 0 radical (unpaired) electrons. The summed E-state index contributed by atoms with van der Waals surface area (Å²) in [5.74, 6) is 5.91. The Labute approximate surface area is 189 Å². The average molecular weight is 453 g/mol. The summed E-state index contributed by atoms with van der Waals surface area (Å²) >= 11 is 0. The molecule has 1 saturated heterocycles. The molecule has 2 aromatic carbocycles. The summed E-state index contributed by atoms with van der Waals surface area (Å²) in [6.45, 7) is 4.25. The van der Waals surface area contributed by atoms with Crippen molar-refractivity contribution in [3.05, 3.63) is 59.7 Å². The molecule has 1 aliphatic rings. The van der Waals surface area contributed by atoms with Crippen LogP contribution in [0.4, 0.5) is 5.69 Å². The van der Waals surface area contributed by atoms with E-state index in [1.165, 1.54) is 0 Å². The summed E-state index contributed by atoms with van der Waals surface area (Å²) < 4.78 is 24.3. The normalized spacial score (nSPS) is 14.1. The number of piperidine rings is 1. The fourth-order valence-electron chi connectivity index (χ4n) is 3.41. The topological polar surface area (TPSA) is 83.6 Å². The maximum absolute atomic E-state index is 12.2. The third-order valence-electron chi connectivity index (χ3n) is 5.35. The van der Waals surface area contributed by atoms with Crippen molar-refractivity contribution in [2.24, 2.45) is 0 Å². The highest BCUT2D eigenvalue weighted by Crippen LogP contribution is 2.21. The van der Waals surface area contributed by atoms with Crippen molar-refractivity contribution in [1.29, 1.82) is 0 Å². The summed E-state index contributed by atoms with van der Waals surface area (Å²) in [6.07, 6.45) is 2.73. The number of hydrogen-bond acceptors (Lipinski definition) is 4. The molecule has 0 bridgehead atoms. The van der Waals surface area contributed by atoms with Crippen molar-refractivity contribution in [1.82, 2.24) is 5.32 Å². The first-order valence-electron chi connectivity index (χ1n) is 10.8. The maximum Gasteiger partial charge on any atom is 0.226 e. The van der Waals surface area contributed by atoms with E-state index in [9.17, 15) is 18.0 Å². The Hall–Kier alpha value is -3.11. The van der Waals surface area contributed by atoms with Gasteiger partial charge in [-0.15, -0.1) is 0 Å². The zero-order valence-electron chi connectivity index (χ0n) is 18.4. The van der Waals surface area contributed by atoms with Crippen LogP contribution >= 0.6 is 0 Å². The summed E-state index contributed by atoms with van der Waals surface area (Å²) in [4.78, 5) is 26.2. The highest BCUT2D eigenvalue weighted by Gasteiger charge is 2.20. The molecule has 0 aromatic heterocycles. The van der Waals surface area contributed by atoms with Crippen LogP contribution in [-0.4, -0.2) is 38.6 Å². The van der Waals surface area contributed by atoms with Gasteiger partial charge < -0.3 is 10.2 Å². The molecule has 1 fully saturated rings. The van der Waals surface area contributed by atoms with Crippen molar-refractivity contribution in [3.63, 3.8) is 0 Å². The van der Waals surface area contributed by atoms with Gasteiger partial charge in [0.25, 0.3) is 0 Å². The van der Waals surface area contributed by atoms with Gasteiger partial charge in [0.2, 0.25) is 11.8 Å². The second-order valence-electron chi connectivity index (χ2n) is 8.04. The molecule has 3 rings (SSSR count). The molecule has 168 valence electrons. The number of sulfone groups is 1. The molecule has 6 nitrogen and oxygen atoms in total. The van der Waals surface area contributed by atoms with Crippen LogP contribution in [0.5, 0.6) is 0 Å². The number of nitrogens with zero attached hydrogens (tertiary/aromatic N) is 1. The molecule has 0 saturated carbocycles. The fraction of sp³-hybridized carbons (Fsp3) is 0.360. The second-order valence-corrected chi connectivity index (χ2v) is 10.5. The van der Waals surface area contributed by atoms with E-state index < -0.39 is 15.1 Å². The van der Waals surface area contributed by atoms with Crippen LogP contribution < -0.4 is 10.2 Å². The van der Waals surface area contributed by atoms with Crippen LogP contribution in [0.2, 0.25) is 0 Å². The molecular weight excluding hydrogens is 424 g/mol. The predicted octanol–water partition coefficient (Wildman–Crippen LogP) is 3.10. The number of anilines is 1. The van der Waals surface area contributed by atoms with Crippen LogP contribution in [0.15, 0.2) is 53.4 Å². The number of carbonyl (C=O) groups excluding carboxylic acids is 2. The molecule has 1 N–H and O–H groups in total. The van der Waals surface area contributed by atoms with E-state index in [-0.39, 0.29) is 29.7 Å². The minimum absolute atomic E-state index is 0.155. The standard InChI is InChI=1S/C25H28N2O4S/c1-19(2)32(30,31)23-14-10-21(11-15-23)18-24(28)26-16-5-6-20-8-12-22(13-9-20)27-17-4-3-7-25(27)29/h8-15,19H,3-4,7,16-18H2,1-2H3,(H,26,28). The Balaban J connectivity index is 1.49. The van der Waals surface area contributed by atoms with Gasteiger partial charge in [0.15, 0.2) is 9.84 Å². The van der Waals surface area contributed by atoms with Gasteiger partial charge >= 0.3 is 0 Å². The minimum atomic E-state index is -3.32. The van der Waals surface area contributed by atoms with Crippen molar-refractivity contribution >= 4 is 27.3 Å². The summed E-state index contributed by atoms with van der Waals surface area (Å²) in [5, 5.41) is 2.26. The van der Waals surface area contributed by atoms with Gasteiger partial charge in [-0.2, -0.15) is 0 Å². The third kappa shape index (κ3) is 5.98. The molecular formula is C25H28N2O4S. The lowest BCUT2D eigenvalue weighted by Crippen LogP contribution is -2.35. The third-order valence-corrected chi connectivity index (χ3v) is 7.52. The second kappa shape index (κ2) is 10.5. The summed E-state index contributed by atoms with van der Waals surface area (Å²) in [6, 6.07) is 13.9. The van der Waals surface area contributed by atoms with E-state index in [0.29, 0.717) is 6.42 Å². The Morgan fingerprint density at radius 3 is 2.38 bits per heavy atom. The number of amides is 2. The minimum Gasteiger partial charge on any atom is -0.345 e. The van der Waals surface area contributed by atoms with E-state index in [2.05, 4.69) is 17.2 Å². The Kier molecular flexibility index (Phi) is 7.70. The van der Waals surface area contributed by atoms with Crippen molar-refractivity contribution < 1.29 is 18.0 Å². The van der Waals surface area contributed by atoms with Crippen molar-refractivity contribution in [2.45, 2.75) is 49.7 Å². The Bertz CT molecular complexity index is 1130. The molecule has 0 spiro atoms. The van der Waals surface area contributed by atoms with Crippen LogP contribution in [0, 0.1) is 11.8 Å². The monoisotopic (exact) mass is 452 g/mol. The van der Waals surface area contributed by atoms with Gasteiger partial charge in [0.1, 0.15) is 0 Å². The quantitative estimate of drug-likeness (QED) is 0.683. The van der Waals surface area contributed by atoms with Gasteiger partial charge in [-0.05, 0) is 68.7 Å². The first-order valence-corrected chi connectivity index (χ1v) is 12.3. The van der Waals surface area contributed by atoms with E-state index in [1.54, 1.807) is 38.1 Å². The lowest BCUT2D eigenvalue weighted by molar-refractivity contribution is -0.120. The highest BCUT2D eigenvalue weighted by atomic mass is 32.2. The van der Waals surface area contributed by atoms with Gasteiger partial charge in [-0.3, -0.25) is 9.59 Å². The smallest absolute Gasteiger partial charge is 0.226 e. The first kappa shape index (κ1) is 23.6. The van der Waals surface area contributed by atoms with Gasteiger partial charge in [-0.1, -0.05) is 24.0 Å². The number of benzene rings is 2. The Morgan fingerprint density at radius 1 is 1.06 bits per heavy atom. The number of carbonyl (C=O) groups is 2.